The molecular weight excluding hydrogens is 1070 g/mol. The summed E-state index contributed by atoms with van der Waals surface area (Å²) >= 11 is 0. The third-order valence-corrected chi connectivity index (χ3v) is 14.2. The largest absolute Gasteiger partial charge is 0.503 e. The molecule has 4 heterocycles. The van der Waals surface area contributed by atoms with Crippen molar-refractivity contribution in [3.8, 4) is 45.5 Å². The Bertz CT molecular complexity index is 4230. The van der Waals surface area contributed by atoms with Gasteiger partial charge in [-0.3, -0.25) is 4.57 Å². The van der Waals surface area contributed by atoms with Crippen LogP contribution in [0.4, 0.5) is 0 Å². The Morgan fingerprint density at radius 3 is 1.60 bits per heavy atom. The van der Waals surface area contributed by atoms with Gasteiger partial charge in [-0.1, -0.05) is 153 Å². The van der Waals surface area contributed by atoms with E-state index in [4.69, 9.17) is 9.72 Å². The maximum Gasteiger partial charge on any atom is 0.268 e. The summed E-state index contributed by atoms with van der Waals surface area (Å²) in [5, 5.41) is 9.58. The van der Waals surface area contributed by atoms with Gasteiger partial charge >= 0.3 is 0 Å². The van der Waals surface area contributed by atoms with E-state index in [-0.39, 0.29) is 21.1 Å². The predicted octanol–water partition coefficient (Wildman–Crippen LogP) is 15.9. The summed E-state index contributed by atoms with van der Waals surface area (Å²) in [7, 11) is 0. The minimum atomic E-state index is 0. The van der Waals surface area contributed by atoms with Crippen molar-refractivity contribution in [3.63, 3.8) is 0 Å². The SMILES string of the molecule is CC(C)Cc1cccc2c1ccc1c(-c3[c-]c(Oc4[c-]c(-n5[c-][n+](-c6c(-n7c8ccccc8c8ccccc87)cccc6-n6c7ccccc7c7ccccc76)c6ccccc65)ccc4)ccc3)nccc12.[Pt]. The molecule has 0 saturated heterocycles. The zero-order valence-corrected chi connectivity index (χ0v) is 42.3. The van der Waals surface area contributed by atoms with Crippen LogP contribution in [0.5, 0.6) is 11.5 Å². The molecule has 0 saturated carbocycles. The smallest absolute Gasteiger partial charge is 0.268 e. The Balaban J connectivity index is 0.00000516. The van der Waals surface area contributed by atoms with Crippen molar-refractivity contribution in [1.82, 2.24) is 18.7 Å². The molecule has 6 nitrogen and oxygen atoms in total. The molecule has 0 atom stereocenters. The van der Waals surface area contributed by atoms with Gasteiger partial charge in [-0.2, -0.15) is 12.1 Å². The number of imidazole rings is 1. The number of fused-ring (bicyclic) bond motifs is 10. The van der Waals surface area contributed by atoms with Crippen LogP contribution in [0.1, 0.15) is 19.4 Å². The van der Waals surface area contributed by atoms with E-state index in [0.29, 0.717) is 17.4 Å². The molecule has 7 heteroatoms. The fraction of sp³-hybridized carbons (Fsp3) is 0.0606. The molecule has 4 aromatic heterocycles. The topological polar surface area (TPSA) is 40.8 Å². The van der Waals surface area contributed by atoms with Gasteiger partial charge < -0.3 is 23.4 Å². The Hall–Kier alpha value is -8.57. The van der Waals surface area contributed by atoms with E-state index < -0.39 is 0 Å². The molecule has 0 spiro atoms. The molecule has 0 aliphatic rings. The van der Waals surface area contributed by atoms with E-state index in [1.54, 1.807) is 0 Å². The van der Waals surface area contributed by atoms with Crippen LogP contribution < -0.4 is 9.30 Å². The van der Waals surface area contributed by atoms with Crippen molar-refractivity contribution in [1.29, 1.82) is 0 Å². The van der Waals surface area contributed by atoms with E-state index >= 15 is 0 Å². The third kappa shape index (κ3) is 7.27. The summed E-state index contributed by atoms with van der Waals surface area (Å²) in [5.41, 5.74) is 13.4. The Kier molecular flexibility index (Phi) is 10.9. The number of benzene rings is 10. The van der Waals surface area contributed by atoms with Crippen LogP contribution in [0, 0.1) is 24.4 Å². The second-order valence-electron chi connectivity index (χ2n) is 19.0. The number of aromatic nitrogens is 5. The van der Waals surface area contributed by atoms with Crippen molar-refractivity contribution in [2.45, 2.75) is 20.3 Å². The number of para-hydroxylation sites is 7. The van der Waals surface area contributed by atoms with Crippen LogP contribution in [0.15, 0.2) is 219 Å². The number of ether oxygens (including phenoxy) is 1. The number of pyridine rings is 1. The first-order valence-electron chi connectivity index (χ1n) is 24.6. The average Bonchev–Trinajstić information content (AvgIpc) is 4.09. The molecule has 0 bridgehead atoms. The van der Waals surface area contributed by atoms with Gasteiger partial charge in [-0.25, -0.2) is 0 Å². The van der Waals surface area contributed by atoms with E-state index in [0.717, 1.165) is 78.9 Å². The standard InChI is InChI=1S/C66H45N5O.Pt/c1-43(2)39-44-17-14-26-50-49(44)35-36-56-51(50)37-38-67-65(56)45-18-13-20-47(40-45)72-48-21-15-19-46(41-48)68-42-69(62-32-12-11-31-61(62)68)66-63(70-57-27-7-3-22-52(57)53-23-4-8-28-58(53)70)33-16-34-64(66)71-59-29-9-5-24-54(59)55-25-6-10-30-60(55)71;/h3-38,43H,39H2,1-2H3;/q-2;. The van der Waals surface area contributed by atoms with Crippen LogP contribution >= 0.6 is 0 Å². The minimum Gasteiger partial charge on any atom is -0.503 e. The first-order valence-corrected chi connectivity index (χ1v) is 24.6. The Morgan fingerprint density at radius 2 is 0.973 bits per heavy atom. The van der Waals surface area contributed by atoms with Gasteiger partial charge in [0, 0.05) is 60.3 Å². The van der Waals surface area contributed by atoms with Gasteiger partial charge in [-0.15, -0.1) is 35.9 Å². The molecule has 14 rings (SSSR count). The van der Waals surface area contributed by atoms with Crippen LogP contribution in [0.2, 0.25) is 0 Å². The minimum absolute atomic E-state index is 0. The summed E-state index contributed by atoms with van der Waals surface area (Å²) in [6.07, 6.45) is 6.83. The van der Waals surface area contributed by atoms with Crippen LogP contribution in [0.25, 0.3) is 110 Å². The van der Waals surface area contributed by atoms with Crippen molar-refractivity contribution in [2.24, 2.45) is 5.92 Å². The van der Waals surface area contributed by atoms with E-state index in [1.165, 1.54) is 43.3 Å². The molecule has 0 radical (unpaired) electrons. The van der Waals surface area contributed by atoms with Crippen LogP contribution in [0.3, 0.4) is 0 Å². The van der Waals surface area contributed by atoms with Gasteiger partial charge in [0.25, 0.3) is 6.33 Å². The summed E-state index contributed by atoms with van der Waals surface area (Å²) in [6.45, 7) is 4.55. The number of nitrogens with zero attached hydrogens (tertiary/aromatic N) is 5. The van der Waals surface area contributed by atoms with Gasteiger partial charge in [0.1, 0.15) is 5.69 Å². The predicted molar refractivity (Wildman–Crippen MR) is 293 cm³/mol. The fourth-order valence-corrected chi connectivity index (χ4v) is 11.2. The third-order valence-electron chi connectivity index (χ3n) is 14.2. The maximum absolute atomic E-state index is 6.66. The summed E-state index contributed by atoms with van der Waals surface area (Å²) in [6, 6.07) is 82.4. The summed E-state index contributed by atoms with van der Waals surface area (Å²) in [4.78, 5) is 4.91. The molecule has 0 amide bonds. The van der Waals surface area contributed by atoms with Gasteiger partial charge in [-0.05, 0) is 93.3 Å². The van der Waals surface area contributed by atoms with Gasteiger partial charge in [0.15, 0.2) is 0 Å². The Labute approximate surface area is 436 Å². The number of hydrogen-bond acceptors (Lipinski definition) is 2. The molecule has 73 heavy (non-hydrogen) atoms. The van der Waals surface area contributed by atoms with Crippen LogP contribution in [-0.2, 0) is 27.5 Å². The van der Waals surface area contributed by atoms with Gasteiger partial charge in [0.05, 0.1) is 44.5 Å². The van der Waals surface area contributed by atoms with Crippen molar-refractivity contribution < 1.29 is 30.4 Å². The first-order chi connectivity index (χ1) is 35.6. The van der Waals surface area contributed by atoms with E-state index in [9.17, 15) is 0 Å². The van der Waals surface area contributed by atoms with Crippen molar-refractivity contribution >= 4 is 76.2 Å². The second kappa shape index (κ2) is 17.9. The molecule has 0 fully saturated rings. The van der Waals surface area contributed by atoms with E-state index in [2.05, 4.69) is 239 Å². The second-order valence-corrected chi connectivity index (χ2v) is 19.0. The maximum atomic E-state index is 6.66. The van der Waals surface area contributed by atoms with Crippen molar-refractivity contribution in [2.75, 3.05) is 0 Å². The molecular formula is C66H45N5OPt-2. The molecule has 0 aliphatic heterocycles. The zero-order valence-electron chi connectivity index (χ0n) is 40.0. The van der Waals surface area contributed by atoms with Crippen molar-refractivity contribution in [3.05, 3.63) is 243 Å². The van der Waals surface area contributed by atoms with Crippen LogP contribution in [-0.4, -0.2) is 18.7 Å². The quantitative estimate of drug-likeness (QED) is 0.0821. The monoisotopic (exact) mass is 1120 g/mol. The molecule has 0 N–H and O–H groups in total. The molecule has 352 valence electrons. The molecule has 10 aromatic carbocycles. The van der Waals surface area contributed by atoms with Gasteiger partial charge in [0.2, 0.25) is 0 Å². The number of hydrogen-bond donors (Lipinski definition) is 0. The summed E-state index contributed by atoms with van der Waals surface area (Å²) in [5.74, 6) is 1.70. The molecule has 0 aliphatic carbocycles. The molecule has 0 unspecified atom stereocenters. The Morgan fingerprint density at radius 1 is 0.466 bits per heavy atom. The average molecular weight is 1120 g/mol. The normalized spacial score (nSPS) is 11.8. The zero-order chi connectivity index (χ0) is 47.9. The number of rotatable bonds is 9. The first kappa shape index (κ1) is 44.4. The fourth-order valence-electron chi connectivity index (χ4n) is 11.2. The molecule has 14 aromatic rings. The summed E-state index contributed by atoms with van der Waals surface area (Å²) < 4.78 is 15.8. The van der Waals surface area contributed by atoms with E-state index in [1.807, 2.05) is 30.5 Å².